The summed E-state index contributed by atoms with van der Waals surface area (Å²) in [4.78, 5) is 2.26. The predicted molar refractivity (Wildman–Crippen MR) is 75.0 cm³/mol. The van der Waals surface area contributed by atoms with E-state index >= 15 is 0 Å². The van der Waals surface area contributed by atoms with Gasteiger partial charge in [-0.15, -0.1) is 0 Å². The number of rotatable bonds is 7. The molecule has 1 unspecified atom stereocenters. The van der Waals surface area contributed by atoms with Crippen molar-refractivity contribution in [3.63, 3.8) is 0 Å². The maximum atomic E-state index is 12.8. The SMILES string of the molecule is CC(C)CC(CNCc1ccc(F)cc1)N(C)C. The molecule has 1 N–H and O–H groups in total. The Kier molecular flexibility index (Phi) is 6.30. The molecule has 3 heteroatoms. The van der Waals surface area contributed by atoms with E-state index in [4.69, 9.17) is 0 Å². The van der Waals surface area contributed by atoms with Crippen LogP contribution in [-0.4, -0.2) is 31.6 Å². The van der Waals surface area contributed by atoms with Crippen molar-refractivity contribution in [2.45, 2.75) is 32.9 Å². The molecule has 1 rings (SSSR count). The van der Waals surface area contributed by atoms with Crippen LogP contribution in [0.4, 0.5) is 4.39 Å². The smallest absolute Gasteiger partial charge is 0.123 e. The fraction of sp³-hybridized carbons (Fsp3) is 0.600. The van der Waals surface area contributed by atoms with Gasteiger partial charge < -0.3 is 10.2 Å². The summed E-state index contributed by atoms with van der Waals surface area (Å²) in [6.45, 7) is 6.25. The molecule has 102 valence electrons. The van der Waals surface area contributed by atoms with Crippen LogP contribution in [-0.2, 0) is 6.54 Å². The highest BCUT2D eigenvalue weighted by Crippen LogP contribution is 2.08. The van der Waals surface area contributed by atoms with Gasteiger partial charge in [-0.25, -0.2) is 4.39 Å². The number of nitrogens with zero attached hydrogens (tertiary/aromatic N) is 1. The zero-order valence-corrected chi connectivity index (χ0v) is 11.9. The molecule has 2 nitrogen and oxygen atoms in total. The van der Waals surface area contributed by atoms with Crippen molar-refractivity contribution in [2.75, 3.05) is 20.6 Å². The second kappa shape index (κ2) is 7.49. The molecule has 0 aliphatic carbocycles. The number of likely N-dealkylation sites (N-methyl/N-ethyl adjacent to an activating group) is 1. The van der Waals surface area contributed by atoms with Crippen LogP contribution in [0.5, 0.6) is 0 Å². The van der Waals surface area contributed by atoms with E-state index in [9.17, 15) is 4.39 Å². The third-order valence-corrected chi connectivity index (χ3v) is 3.10. The average Bonchev–Trinajstić information content (AvgIpc) is 2.29. The minimum atomic E-state index is -0.176. The third kappa shape index (κ3) is 5.61. The number of hydrogen-bond donors (Lipinski definition) is 1. The molecule has 0 heterocycles. The van der Waals surface area contributed by atoms with Gasteiger partial charge in [0.2, 0.25) is 0 Å². The molecule has 1 aromatic rings. The maximum absolute atomic E-state index is 12.8. The molecule has 0 saturated heterocycles. The Hall–Kier alpha value is -0.930. The number of halogens is 1. The van der Waals surface area contributed by atoms with Crippen molar-refractivity contribution in [1.82, 2.24) is 10.2 Å². The van der Waals surface area contributed by atoms with Crippen LogP contribution < -0.4 is 5.32 Å². The molecule has 18 heavy (non-hydrogen) atoms. The molecule has 0 spiro atoms. The molecule has 0 aliphatic heterocycles. The van der Waals surface area contributed by atoms with Gasteiger partial charge in [0.1, 0.15) is 5.82 Å². The maximum Gasteiger partial charge on any atom is 0.123 e. The van der Waals surface area contributed by atoms with Crippen molar-refractivity contribution in [1.29, 1.82) is 0 Å². The molecule has 0 saturated carbocycles. The van der Waals surface area contributed by atoms with Crippen LogP contribution in [0.1, 0.15) is 25.8 Å². The van der Waals surface area contributed by atoms with Crippen LogP contribution in [0.25, 0.3) is 0 Å². The van der Waals surface area contributed by atoms with Gasteiger partial charge in [-0.1, -0.05) is 26.0 Å². The Morgan fingerprint density at radius 3 is 2.28 bits per heavy atom. The summed E-state index contributed by atoms with van der Waals surface area (Å²) in [6, 6.07) is 7.22. The largest absolute Gasteiger partial charge is 0.311 e. The molecule has 0 bridgehead atoms. The van der Waals surface area contributed by atoms with E-state index in [0.29, 0.717) is 12.0 Å². The molecular formula is C15H25FN2. The Morgan fingerprint density at radius 2 is 1.78 bits per heavy atom. The topological polar surface area (TPSA) is 15.3 Å². The van der Waals surface area contributed by atoms with Crippen LogP contribution in [0, 0.1) is 11.7 Å². The van der Waals surface area contributed by atoms with Gasteiger partial charge in [0.15, 0.2) is 0 Å². The average molecular weight is 252 g/mol. The summed E-state index contributed by atoms with van der Waals surface area (Å²) in [7, 11) is 4.24. The van der Waals surface area contributed by atoms with Crippen molar-refractivity contribution >= 4 is 0 Å². The highest BCUT2D eigenvalue weighted by atomic mass is 19.1. The summed E-state index contributed by atoms with van der Waals surface area (Å²) in [5.74, 6) is 0.523. The number of nitrogens with one attached hydrogen (secondary N) is 1. The van der Waals surface area contributed by atoms with E-state index in [2.05, 4.69) is 38.2 Å². The van der Waals surface area contributed by atoms with Crippen molar-refractivity contribution in [2.24, 2.45) is 5.92 Å². The summed E-state index contributed by atoms with van der Waals surface area (Å²) in [6.07, 6.45) is 1.18. The molecule has 0 radical (unpaired) electrons. The van der Waals surface area contributed by atoms with Gasteiger partial charge in [-0.2, -0.15) is 0 Å². The quantitative estimate of drug-likeness (QED) is 0.802. The molecule has 0 aromatic heterocycles. The summed E-state index contributed by atoms with van der Waals surface area (Å²) >= 11 is 0. The predicted octanol–water partition coefficient (Wildman–Crippen LogP) is 2.89. The summed E-state index contributed by atoms with van der Waals surface area (Å²) < 4.78 is 12.8. The first kappa shape index (κ1) is 15.1. The lowest BCUT2D eigenvalue weighted by molar-refractivity contribution is 0.246. The lowest BCUT2D eigenvalue weighted by Crippen LogP contribution is -2.38. The minimum Gasteiger partial charge on any atom is -0.311 e. The van der Waals surface area contributed by atoms with E-state index in [-0.39, 0.29) is 5.82 Å². The molecule has 1 aromatic carbocycles. The zero-order chi connectivity index (χ0) is 13.5. The third-order valence-electron chi connectivity index (χ3n) is 3.10. The molecule has 0 amide bonds. The first-order valence-corrected chi connectivity index (χ1v) is 6.60. The van der Waals surface area contributed by atoms with E-state index in [1.165, 1.54) is 18.6 Å². The molecule has 0 aliphatic rings. The fourth-order valence-corrected chi connectivity index (χ4v) is 2.01. The van der Waals surface area contributed by atoms with Crippen LogP contribution in [0.2, 0.25) is 0 Å². The standard InChI is InChI=1S/C15H25FN2/c1-12(2)9-15(18(3)4)11-17-10-13-5-7-14(16)8-6-13/h5-8,12,15,17H,9-11H2,1-4H3. The van der Waals surface area contributed by atoms with Gasteiger partial charge in [0.25, 0.3) is 0 Å². The van der Waals surface area contributed by atoms with Crippen LogP contribution >= 0.6 is 0 Å². The normalized spacial score (nSPS) is 13.3. The number of hydrogen-bond acceptors (Lipinski definition) is 2. The van der Waals surface area contributed by atoms with E-state index in [1.54, 1.807) is 0 Å². The second-order valence-electron chi connectivity index (χ2n) is 5.50. The first-order valence-electron chi connectivity index (χ1n) is 6.60. The summed E-state index contributed by atoms with van der Waals surface area (Å²) in [5.41, 5.74) is 1.12. The monoisotopic (exact) mass is 252 g/mol. The van der Waals surface area contributed by atoms with Crippen molar-refractivity contribution in [3.8, 4) is 0 Å². The highest BCUT2D eigenvalue weighted by molar-refractivity contribution is 5.15. The van der Waals surface area contributed by atoms with E-state index in [1.807, 2.05) is 12.1 Å². The lowest BCUT2D eigenvalue weighted by Gasteiger charge is -2.26. The summed E-state index contributed by atoms with van der Waals surface area (Å²) in [5, 5.41) is 3.44. The highest BCUT2D eigenvalue weighted by Gasteiger charge is 2.12. The molecule has 0 fully saturated rings. The van der Waals surface area contributed by atoms with E-state index < -0.39 is 0 Å². The van der Waals surface area contributed by atoms with Gasteiger partial charge in [-0.3, -0.25) is 0 Å². The Labute approximate surface area is 110 Å². The van der Waals surface area contributed by atoms with E-state index in [0.717, 1.165) is 18.7 Å². The lowest BCUT2D eigenvalue weighted by atomic mass is 10.0. The van der Waals surface area contributed by atoms with Gasteiger partial charge in [-0.05, 0) is 44.1 Å². The number of benzene rings is 1. The minimum absolute atomic E-state index is 0.176. The zero-order valence-electron chi connectivity index (χ0n) is 11.9. The molecule has 1 atom stereocenters. The van der Waals surface area contributed by atoms with Crippen LogP contribution in [0.3, 0.4) is 0 Å². The fourth-order valence-electron chi connectivity index (χ4n) is 2.01. The van der Waals surface area contributed by atoms with Crippen molar-refractivity contribution < 1.29 is 4.39 Å². The first-order chi connectivity index (χ1) is 8.49. The Balaban J connectivity index is 2.36. The Bertz CT molecular complexity index is 333. The molecular weight excluding hydrogens is 227 g/mol. The van der Waals surface area contributed by atoms with Crippen LogP contribution in [0.15, 0.2) is 24.3 Å². The Morgan fingerprint density at radius 1 is 1.17 bits per heavy atom. The van der Waals surface area contributed by atoms with Gasteiger partial charge in [0, 0.05) is 19.1 Å². The van der Waals surface area contributed by atoms with Gasteiger partial charge >= 0.3 is 0 Å². The second-order valence-corrected chi connectivity index (χ2v) is 5.50. The van der Waals surface area contributed by atoms with Gasteiger partial charge in [0.05, 0.1) is 0 Å². The van der Waals surface area contributed by atoms with Crippen molar-refractivity contribution in [3.05, 3.63) is 35.6 Å².